The van der Waals surface area contributed by atoms with Gasteiger partial charge in [0.05, 0.1) is 6.04 Å². The van der Waals surface area contributed by atoms with Crippen LogP contribution in [-0.4, -0.2) is 24.5 Å². The van der Waals surface area contributed by atoms with Crippen molar-refractivity contribution in [2.45, 2.75) is 44.7 Å². The number of rotatable bonds is 3. The van der Waals surface area contributed by atoms with E-state index in [9.17, 15) is 9.18 Å². The number of hydrogen-bond acceptors (Lipinski definition) is 2. The second kappa shape index (κ2) is 4.93. The first kappa shape index (κ1) is 12.6. The molecule has 1 heterocycles. The van der Waals surface area contributed by atoms with Gasteiger partial charge in [-0.1, -0.05) is 0 Å². The molecule has 1 saturated carbocycles. The second-order valence-corrected chi connectivity index (χ2v) is 5.61. The van der Waals surface area contributed by atoms with Crippen LogP contribution in [0.1, 0.15) is 31.2 Å². The Morgan fingerprint density at radius 2 is 2.05 bits per heavy atom. The molecule has 1 unspecified atom stereocenters. The number of hydrogen-bond donors (Lipinski definition) is 1. The van der Waals surface area contributed by atoms with E-state index in [1.54, 1.807) is 4.90 Å². The first-order chi connectivity index (χ1) is 9.13. The number of nitrogens with one attached hydrogen (secondary N) is 1. The molecule has 4 heteroatoms. The van der Waals surface area contributed by atoms with Crippen LogP contribution in [0.25, 0.3) is 0 Å². The standard InChI is InChI=1S/C15H19FN2O/c1-10-7-11(16)9-13(8-10)18-6-2-3-14(15(18)19)17-12-4-5-12/h7-9,12,14,17H,2-6H2,1H3. The zero-order valence-corrected chi connectivity index (χ0v) is 11.2. The predicted octanol–water partition coefficient (Wildman–Crippen LogP) is 2.38. The Bertz CT molecular complexity index is 479. The molecule has 0 radical (unpaired) electrons. The maximum atomic E-state index is 13.5. The quantitative estimate of drug-likeness (QED) is 0.907. The number of aryl methyl sites for hydroxylation is 1. The van der Waals surface area contributed by atoms with Gasteiger partial charge in [0.25, 0.3) is 0 Å². The van der Waals surface area contributed by atoms with Crippen molar-refractivity contribution in [3.8, 4) is 0 Å². The molecule has 1 aromatic rings. The van der Waals surface area contributed by atoms with Crippen LogP contribution >= 0.6 is 0 Å². The Balaban J connectivity index is 1.80. The highest BCUT2D eigenvalue weighted by molar-refractivity contribution is 5.98. The highest BCUT2D eigenvalue weighted by Crippen LogP contribution is 2.26. The summed E-state index contributed by atoms with van der Waals surface area (Å²) in [6, 6.07) is 5.23. The normalized spacial score (nSPS) is 23.8. The largest absolute Gasteiger partial charge is 0.311 e. The minimum absolute atomic E-state index is 0.0863. The highest BCUT2D eigenvalue weighted by atomic mass is 19.1. The molecule has 2 fully saturated rings. The van der Waals surface area contributed by atoms with Gasteiger partial charge in [-0.25, -0.2) is 4.39 Å². The number of benzene rings is 1. The fourth-order valence-corrected chi connectivity index (χ4v) is 2.69. The van der Waals surface area contributed by atoms with Gasteiger partial charge in [0.1, 0.15) is 5.82 Å². The average Bonchev–Trinajstić information content (AvgIpc) is 3.14. The van der Waals surface area contributed by atoms with E-state index in [1.807, 2.05) is 13.0 Å². The first-order valence-electron chi connectivity index (χ1n) is 6.98. The Morgan fingerprint density at radius 1 is 1.26 bits per heavy atom. The fraction of sp³-hybridized carbons (Fsp3) is 0.533. The van der Waals surface area contributed by atoms with Crippen LogP contribution < -0.4 is 10.2 Å². The summed E-state index contributed by atoms with van der Waals surface area (Å²) in [4.78, 5) is 14.2. The molecule has 2 aliphatic rings. The third kappa shape index (κ3) is 2.78. The summed E-state index contributed by atoms with van der Waals surface area (Å²) in [5, 5.41) is 3.39. The lowest BCUT2D eigenvalue weighted by Crippen LogP contribution is -2.51. The average molecular weight is 262 g/mol. The third-order valence-corrected chi connectivity index (χ3v) is 3.79. The van der Waals surface area contributed by atoms with Crippen molar-refractivity contribution >= 4 is 11.6 Å². The minimum atomic E-state index is -0.278. The van der Waals surface area contributed by atoms with E-state index in [0.717, 1.165) is 18.4 Å². The molecule has 19 heavy (non-hydrogen) atoms. The van der Waals surface area contributed by atoms with E-state index < -0.39 is 0 Å². The van der Waals surface area contributed by atoms with Crippen molar-refractivity contribution in [2.75, 3.05) is 11.4 Å². The topological polar surface area (TPSA) is 32.3 Å². The number of halogens is 1. The van der Waals surface area contributed by atoms with Gasteiger partial charge in [-0.05, 0) is 56.4 Å². The van der Waals surface area contributed by atoms with Crippen molar-refractivity contribution < 1.29 is 9.18 Å². The molecule has 1 aliphatic carbocycles. The van der Waals surface area contributed by atoms with Gasteiger partial charge in [0.2, 0.25) is 5.91 Å². The highest BCUT2D eigenvalue weighted by Gasteiger charge is 2.34. The summed E-state index contributed by atoms with van der Waals surface area (Å²) in [6.07, 6.45) is 4.19. The molecule has 1 aromatic carbocycles. The van der Waals surface area contributed by atoms with Gasteiger partial charge in [0, 0.05) is 18.3 Å². The third-order valence-electron chi connectivity index (χ3n) is 3.79. The number of amides is 1. The Hall–Kier alpha value is -1.42. The predicted molar refractivity (Wildman–Crippen MR) is 72.7 cm³/mol. The number of anilines is 1. The van der Waals surface area contributed by atoms with Gasteiger partial charge in [-0.3, -0.25) is 4.79 Å². The zero-order valence-electron chi connectivity index (χ0n) is 11.2. The molecule has 1 atom stereocenters. The molecule has 1 N–H and O–H groups in total. The van der Waals surface area contributed by atoms with Crippen LogP contribution in [-0.2, 0) is 4.79 Å². The van der Waals surface area contributed by atoms with Crippen LogP contribution in [0.2, 0.25) is 0 Å². The van der Waals surface area contributed by atoms with E-state index in [0.29, 0.717) is 18.3 Å². The monoisotopic (exact) mass is 262 g/mol. The summed E-state index contributed by atoms with van der Waals surface area (Å²) in [7, 11) is 0. The summed E-state index contributed by atoms with van der Waals surface area (Å²) in [5.41, 5.74) is 1.53. The van der Waals surface area contributed by atoms with E-state index >= 15 is 0 Å². The van der Waals surface area contributed by atoms with E-state index in [1.165, 1.54) is 25.0 Å². The molecule has 3 nitrogen and oxygen atoms in total. The van der Waals surface area contributed by atoms with Crippen molar-refractivity contribution in [2.24, 2.45) is 0 Å². The summed E-state index contributed by atoms with van der Waals surface area (Å²) < 4.78 is 13.5. The molecule has 0 aromatic heterocycles. The van der Waals surface area contributed by atoms with Crippen molar-refractivity contribution in [3.63, 3.8) is 0 Å². The lowest BCUT2D eigenvalue weighted by molar-refractivity contribution is -0.121. The molecule has 0 bridgehead atoms. The summed E-state index contributed by atoms with van der Waals surface area (Å²) >= 11 is 0. The fourth-order valence-electron chi connectivity index (χ4n) is 2.69. The van der Waals surface area contributed by atoms with Gasteiger partial charge in [0.15, 0.2) is 0 Å². The minimum Gasteiger partial charge on any atom is -0.311 e. The van der Waals surface area contributed by atoms with Crippen molar-refractivity contribution in [1.82, 2.24) is 5.32 Å². The van der Waals surface area contributed by atoms with Crippen LogP contribution in [0.4, 0.5) is 10.1 Å². The maximum Gasteiger partial charge on any atom is 0.244 e. The van der Waals surface area contributed by atoms with Crippen LogP contribution in [0.5, 0.6) is 0 Å². The number of nitrogens with zero attached hydrogens (tertiary/aromatic N) is 1. The molecule has 1 amide bonds. The molecule has 102 valence electrons. The van der Waals surface area contributed by atoms with E-state index in [-0.39, 0.29) is 17.8 Å². The van der Waals surface area contributed by atoms with Gasteiger partial charge < -0.3 is 10.2 Å². The summed E-state index contributed by atoms with van der Waals surface area (Å²) in [5.74, 6) is -0.191. The lowest BCUT2D eigenvalue weighted by Gasteiger charge is -2.33. The maximum absolute atomic E-state index is 13.5. The lowest BCUT2D eigenvalue weighted by atomic mass is 10.0. The first-order valence-corrected chi connectivity index (χ1v) is 6.98. The number of carbonyl (C=O) groups is 1. The van der Waals surface area contributed by atoms with Crippen molar-refractivity contribution in [3.05, 3.63) is 29.6 Å². The Morgan fingerprint density at radius 3 is 2.74 bits per heavy atom. The van der Waals surface area contributed by atoms with E-state index in [2.05, 4.69) is 5.32 Å². The van der Waals surface area contributed by atoms with Gasteiger partial charge >= 0.3 is 0 Å². The molecular weight excluding hydrogens is 243 g/mol. The second-order valence-electron chi connectivity index (χ2n) is 5.61. The molecule has 0 spiro atoms. The summed E-state index contributed by atoms with van der Waals surface area (Å²) in [6.45, 7) is 2.53. The van der Waals surface area contributed by atoms with E-state index in [4.69, 9.17) is 0 Å². The van der Waals surface area contributed by atoms with Crippen LogP contribution in [0.3, 0.4) is 0 Å². The smallest absolute Gasteiger partial charge is 0.244 e. The van der Waals surface area contributed by atoms with Gasteiger partial charge in [-0.2, -0.15) is 0 Å². The number of piperidine rings is 1. The molecule has 1 aliphatic heterocycles. The Labute approximate surface area is 112 Å². The van der Waals surface area contributed by atoms with Crippen LogP contribution in [0.15, 0.2) is 18.2 Å². The molecule has 3 rings (SSSR count). The van der Waals surface area contributed by atoms with Gasteiger partial charge in [-0.15, -0.1) is 0 Å². The molecular formula is C15H19FN2O. The van der Waals surface area contributed by atoms with Crippen molar-refractivity contribution in [1.29, 1.82) is 0 Å². The molecule has 1 saturated heterocycles. The zero-order chi connectivity index (χ0) is 13.4. The Kier molecular flexibility index (Phi) is 3.27. The SMILES string of the molecule is Cc1cc(F)cc(N2CCCC(NC3CC3)C2=O)c1. The number of carbonyl (C=O) groups excluding carboxylic acids is 1. The van der Waals surface area contributed by atoms with Crippen LogP contribution in [0, 0.1) is 12.7 Å².